The first-order valence-corrected chi connectivity index (χ1v) is 7.89. The van der Waals surface area contributed by atoms with Crippen LogP contribution in [0.3, 0.4) is 0 Å². The van der Waals surface area contributed by atoms with E-state index in [4.69, 9.17) is 0 Å². The highest BCUT2D eigenvalue weighted by Gasteiger charge is 2.47. The van der Waals surface area contributed by atoms with Crippen LogP contribution >= 0.6 is 0 Å². The fourth-order valence-electron chi connectivity index (χ4n) is 4.05. The van der Waals surface area contributed by atoms with E-state index in [0.29, 0.717) is 18.2 Å². The van der Waals surface area contributed by atoms with Gasteiger partial charge in [-0.25, -0.2) is 0 Å². The van der Waals surface area contributed by atoms with E-state index in [0.717, 1.165) is 18.4 Å². The zero-order valence-corrected chi connectivity index (χ0v) is 12.4. The van der Waals surface area contributed by atoms with E-state index in [1.807, 2.05) is 30.3 Å². The highest BCUT2D eigenvalue weighted by Crippen LogP contribution is 2.47. The van der Waals surface area contributed by atoms with Crippen LogP contribution in [0.25, 0.3) is 0 Å². The van der Waals surface area contributed by atoms with Gasteiger partial charge < -0.3 is 10.0 Å². The third kappa shape index (κ3) is 2.08. The number of Topliss-reactive ketones (excluding diaryl/α,β-unsaturated/α-hetero) is 1. The second-order valence-electron chi connectivity index (χ2n) is 6.29. The SMILES string of the molecule is O=C1C[C@@H]2CC[C@H]1[C@H](c1ccc(O)cc1)N2c1ccccc1. The standard InChI is InChI=1S/C19H19NO2/c21-16-9-6-13(7-10-16)19-17-11-8-15(12-18(17)22)20(19)14-4-2-1-3-5-14/h1-7,9-10,15,17,19,21H,8,11-12H2/t15-,17+,19-/m0/s1. The molecule has 112 valence electrons. The van der Waals surface area contributed by atoms with Crippen LogP contribution in [0.2, 0.25) is 0 Å². The molecule has 1 saturated carbocycles. The van der Waals surface area contributed by atoms with Crippen LogP contribution in [-0.4, -0.2) is 16.9 Å². The molecule has 0 radical (unpaired) electrons. The van der Waals surface area contributed by atoms with E-state index < -0.39 is 0 Å². The molecule has 3 heteroatoms. The van der Waals surface area contributed by atoms with Gasteiger partial charge in [0.05, 0.1) is 6.04 Å². The number of hydrogen-bond acceptors (Lipinski definition) is 3. The number of carbonyl (C=O) groups excluding carboxylic acids is 1. The number of phenols is 1. The van der Waals surface area contributed by atoms with Crippen molar-refractivity contribution in [3.8, 4) is 5.75 Å². The zero-order valence-electron chi connectivity index (χ0n) is 12.4. The average molecular weight is 293 g/mol. The molecule has 3 fully saturated rings. The van der Waals surface area contributed by atoms with E-state index in [9.17, 15) is 9.90 Å². The molecule has 1 aliphatic carbocycles. The number of para-hydroxylation sites is 1. The molecule has 3 atom stereocenters. The summed E-state index contributed by atoms with van der Waals surface area (Å²) in [4.78, 5) is 14.8. The Kier molecular flexibility index (Phi) is 3.14. The number of piperidine rings is 2. The summed E-state index contributed by atoms with van der Waals surface area (Å²) in [6.07, 6.45) is 2.71. The number of carbonyl (C=O) groups is 1. The Bertz CT molecular complexity index is 680. The van der Waals surface area contributed by atoms with Gasteiger partial charge in [-0.05, 0) is 42.7 Å². The monoisotopic (exact) mass is 293 g/mol. The maximum absolute atomic E-state index is 12.4. The quantitative estimate of drug-likeness (QED) is 0.918. The van der Waals surface area contributed by atoms with E-state index in [1.165, 1.54) is 5.69 Å². The third-order valence-corrected chi connectivity index (χ3v) is 5.02. The minimum Gasteiger partial charge on any atom is -0.508 e. The number of ketones is 1. The molecule has 2 aromatic carbocycles. The maximum Gasteiger partial charge on any atom is 0.140 e. The number of aromatic hydroxyl groups is 1. The highest BCUT2D eigenvalue weighted by atomic mass is 16.3. The number of nitrogens with zero attached hydrogens (tertiary/aromatic N) is 1. The average Bonchev–Trinajstić information content (AvgIpc) is 2.56. The molecule has 2 aliphatic heterocycles. The first kappa shape index (κ1) is 13.4. The van der Waals surface area contributed by atoms with Crippen molar-refractivity contribution in [1.29, 1.82) is 0 Å². The summed E-state index contributed by atoms with van der Waals surface area (Å²) in [7, 11) is 0. The number of phenolic OH excluding ortho intramolecular Hbond substituents is 1. The number of fused-ring (bicyclic) bond motifs is 3. The summed E-state index contributed by atoms with van der Waals surface area (Å²) < 4.78 is 0. The smallest absolute Gasteiger partial charge is 0.140 e. The summed E-state index contributed by atoms with van der Waals surface area (Å²) in [5, 5.41) is 9.54. The summed E-state index contributed by atoms with van der Waals surface area (Å²) >= 11 is 0. The molecule has 2 bridgehead atoms. The minimum absolute atomic E-state index is 0.0646. The van der Waals surface area contributed by atoms with E-state index in [2.05, 4.69) is 17.0 Å². The molecular weight excluding hydrogens is 274 g/mol. The van der Waals surface area contributed by atoms with Gasteiger partial charge in [-0.1, -0.05) is 30.3 Å². The molecular formula is C19H19NO2. The fraction of sp³-hybridized carbons (Fsp3) is 0.316. The van der Waals surface area contributed by atoms with Crippen LogP contribution in [0.1, 0.15) is 30.9 Å². The molecule has 0 spiro atoms. The van der Waals surface area contributed by atoms with Gasteiger partial charge >= 0.3 is 0 Å². The van der Waals surface area contributed by atoms with Gasteiger partial charge in [0.2, 0.25) is 0 Å². The van der Waals surface area contributed by atoms with E-state index in [1.54, 1.807) is 12.1 Å². The lowest BCUT2D eigenvalue weighted by atomic mass is 9.71. The molecule has 0 aromatic heterocycles. The van der Waals surface area contributed by atoms with Crippen molar-refractivity contribution in [2.24, 2.45) is 5.92 Å². The van der Waals surface area contributed by atoms with Crippen LogP contribution in [0, 0.1) is 5.92 Å². The van der Waals surface area contributed by atoms with Crippen molar-refractivity contribution in [1.82, 2.24) is 0 Å². The van der Waals surface area contributed by atoms with Crippen molar-refractivity contribution >= 4 is 11.5 Å². The van der Waals surface area contributed by atoms with Crippen LogP contribution in [0.15, 0.2) is 54.6 Å². The summed E-state index contributed by atoms with van der Waals surface area (Å²) in [5.41, 5.74) is 2.30. The molecule has 2 heterocycles. The normalized spacial score (nSPS) is 27.2. The number of hydrogen-bond donors (Lipinski definition) is 1. The number of anilines is 1. The molecule has 1 N–H and O–H groups in total. The zero-order chi connectivity index (χ0) is 15.1. The van der Waals surface area contributed by atoms with Crippen molar-refractivity contribution in [2.75, 3.05) is 4.90 Å². The molecule has 0 unspecified atom stereocenters. The van der Waals surface area contributed by atoms with Gasteiger partial charge in [-0.15, -0.1) is 0 Å². The number of benzene rings is 2. The third-order valence-electron chi connectivity index (χ3n) is 5.02. The Morgan fingerprint density at radius 1 is 0.955 bits per heavy atom. The Morgan fingerprint density at radius 3 is 2.36 bits per heavy atom. The van der Waals surface area contributed by atoms with E-state index in [-0.39, 0.29) is 17.7 Å². The Labute approximate surface area is 130 Å². The lowest BCUT2D eigenvalue weighted by Gasteiger charge is -2.52. The lowest BCUT2D eigenvalue weighted by Crippen LogP contribution is -2.54. The van der Waals surface area contributed by atoms with Crippen molar-refractivity contribution in [3.05, 3.63) is 60.2 Å². The Hall–Kier alpha value is -2.29. The summed E-state index contributed by atoms with van der Waals surface area (Å²) in [5.74, 6) is 0.721. The van der Waals surface area contributed by atoms with Crippen molar-refractivity contribution in [3.63, 3.8) is 0 Å². The molecule has 3 nitrogen and oxygen atoms in total. The van der Waals surface area contributed by atoms with Crippen molar-refractivity contribution < 1.29 is 9.90 Å². The van der Waals surface area contributed by atoms with Gasteiger partial charge in [0.25, 0.3) is 0 Å². The predicted molar refractivity (Wildman–Crippen MR) is 85.9 cm³/mol. The first-order valence-electron chi connectivity index (χ1n) is 7.89. The first-order chi connectivity index (χ1) is 10.7. The van der Waals surface area contributed by atoms with Crippen LogP contribution in [0.5, 0.6) is 5.75 Å². The van der Waals surface area contributed by atoms with Gasteiger partial charge in [0.15, 0.2) is 0 Å². The topological polar surface area (TPSA) is 40.5 Å². The van der Waals surface area contributed by atoms with Crippen LogP contribution in [0.4, 0.5) is 5.69 Å². The largest absolute Gasteiger partial charge is 0.508 e. The van der Waals surface area contributed by atoms with Crippen LogP contribution < -0.4 is 4.90 Å². The molecule has 2 saturated heterocycles. The molecule has 0 amide bonds. The number of rotatable bonds is 2. The van der Waals surface area contributed by atoms with E-state index >= 15 is 0 Å². The fourth-order valence-corrected chi connectivity index (χ4v) is 4.05. The second kappa shape index (κ2) is 5.16. The van der Waals surface area contributed by atoms with Gasteiger partial charge in [0.1, 0.15) is 11.5 Å². The minimum atomic E-state index is 0.0646. The van der Waals surface area contributed by atoms with Gasteiger partial charge in [-0.2, -0.15) is 0 Å². The maximum atomic E-state index is 12.4. The Balaban J connectivity index is 1.80. The summed E-state index contributed by atoms with van der Waals surface area (Å²) in [6.45, 7) is 0. The van der Waals surface area contributed by atoms with Gasteiger partial charge in [-0.3, -0.25) is 4.79 Å². The summed E-state index contributed by atoms with van der Waals surface area (Å²) in [6, 6.07) is 18.1. The molecule has 2 aromatic rings. The molecule has 22 heavy (non-hydrogen) atoms. The lowest BCUT2D eigenvalue weighted by molar-refractivity contribution is -0.128. The second-order valence-corrected chi connectivity index (χ2v) is 6.29. The van der Waals surface area contributed by atoms with Crippen molar-refractivity contribution in [2.45, 2.75) is 31.3 Å². The molecule has 5 rings (SSSR count). The molecule has 3 aliphatic rings. The Morgan fingerprint density at radius 2 is 1.68 bits per heavy atom. The van der Waals surface area contributed by atoms with Gasteiger partial charge in [0, 0.05) is 24.1 Å². The highest BCUT2D eigenvalue weighted by molar-refractivity contribution is 5.86. The van der Waals surface area contributed by atoms with Crippen LogP contribution in [-0.2, 0) is 4.79 Å². The predicted octanol–water partition coefficient (Wildman–Crippen LogP) is 3.69.